The van der Waals surface area contributed by atoms with Gasteiger partial charge >= 0.3 is 0 Å². The maximum absolute atomic E-state index is 12.5. The monoisotopic (exact) mass is 314 g/mol. The van der Waals surface area contributed by atoms with Crippen LogP contribution in [0.2, 0.25) is 0 Å². The highest BCUT2D eigenvalue weighted by Crippen LogP contribution is 2.38. The summed E-state index contributed by atoms with van der Waals surface area (Å²) in [4.78, 5) is 12.5. The van der Waals surface area contributed by atoms with Gasteiger partial charge < -0.3 is 14.9 Å². The van der Waals surface area contributed by atoms with Gasteiger partial charge in [0.25, 0.3) is 5.91 Å². The second-order valence-corrected chi connectivity index (χ2v) is 7.24. The van der Waals surface area contributed by atoms with Crippen molar-refractivity contribution in [3.05, 3.63) is 41.3 Å². The largest absolute Gasteiger partial charge is 0.508 e. The lowest BCUT2D eigenvalue weighted by atomic mass is 9.71. The number of phenolic OH excluding ortho intramolecular Hbond substituents is 1. The number of hydrogen-bond donors (Lipinski definition) is 2. The quantitative estimate of drug-likeness (QED) is 0.884. The molecular weight excluding hydrogens is 292 g/mol. The molecule has 3 rings (SSSR count). The summed E-state index contributed by atoms with van der Waals surface area (Å²) in [7, 11) is 0. The first-order valence-electron chi connectivity index (χ1n) is 7.92. The van der Waals surface area contributed by atoms with Gasteiger partial charge in [0.2, 0.25) is 0 Å². The van der Waals surface area contributed by atoms with Gasteiger partial charge in [-0.2, -0.15) is 0 Å². The van der Waals surface area contributed by atoms with E-state index in [1.165, 1.54) is 6.07 Å². The molecule has 1 atom stereocenters. The van der Waals surface area contributed by atoms with Gasteiger partial charge in [-0.3, -0.25) is 4.79 Å². The standard InChI is InChI=1S/C18H22N2O3/c1-18(2,3)11-7-8-15-14(9-11)16(20-23-15)17(22)19-12-5-4-6-13(21)10-12/h4-6,10-11,21H,7-9H2,1-3H3,(H,19,22)/t11-/m0/s1. The first-order valence-corrected chi connectivity index (χ1v) is 7.92. The molecule has 0 fully saturated rings. The maximum Gasteiger partial charge on any atom is 0.278 e. The van der Waals surface area contributed by atoms with Gasteiger partial charge in [-0.15, -0.1) is 0 Å². The van der Waals surface area contributed by atoms with Gasteiger partial charge in [0, 0.05) is 23.7 Å². The fourth-order valence-corrected chi connectivity index (χ4v) is 3.10. The molecule has 1 aromatic carbocycles. The average Bonchev–Trinajstić information content (AvgIpc) is 2.89. The molecule has 0 saturated heterocycles. The molecule has 0 spiro atoms. The predicted octanol–water partition coefficient (Wildman–Crippen LogP) is 3.78. The second kappa shape index (κ2) is 5.72. The van der Waals surface area contributed by atoms with Gasteiger partial charge in [0.05, 0.1) is 0 Å². The third-order valence-corrected chi connectivity index (χ3v) is 4.58. The lowest BCUT2D eigenvalue weighted by Gasteiger charge is -2.33. The van der Waals surface area contributed by atoms with Crippen LogP contribution in [0.5, 0.6) is 5.75 Å². The Morgan fingerprint density at radius 2 is 2.17 bits per heavy atom. The van der Waals surface area contributed by atoms with Crippen LogP contribution in [-0.4, -0.2) is 16.2 Å². The van der Waals surface area contributed by atoms with E-state index in [9.17, 15) is 9.90 Å². The normalized spacial score (nSPS) is 17.6. The second-order valence-electron chi connectivity index (χ2n) is 7.24. The molecule has 1 amide bonds. The molecule has 23 heavy (non-hydrogen) atoms. The number of aromatic nitrogens is 1. The summed E-state index contributed by atoms with van der Waals surface area (Å²) in [6.45, 7) is 6.67. The summed E-state index contributed by atoms with van der Waals surface area (Å²) in [5, 5.41) is 16.2. The number of aromatic hydroxyl groups is 1. The Hall–Kier alpha value is -2.30. The van der Waals surface area contributed by atoms with E-state index in [0.29, 0.717) is 17.3 Å². The van der Waals surface area contributed by atoms with E-state index in [0.717, 1.165) is 30.6 Å². The Labute approximate surface area is 135 Å². The van der Waals surface area contributed by atoms with Crippen molar-refractivity contribution in [1.82, 2.24) is 5.16 Å². The average molecular weight is 314 g/mol. The number of nitrogens with one attached hydrogen (secondary N) is 1. The van der Waals surface area contributed by atoms with Crippen molar-refractivity contribution in [3.8, 4) is 5.75 Å². The molecule has 0 radical (unpaired) electrons. The van der Waals surface area contributed by atoms with Crippen molar-refractivity contribution in [3.63, 3.8) is 0 Å². The Bertz CT molecular complexity index is 728. The molecule has 1 heterocycles. The summed E-state index contributed by atoms with van der Waals surface area (Å²) in [5.41, 5.74) is 2.01. The number of carbonyl (C=O) groups excluding carboxylic acids is 1. The minimum Gasteiger partial charge on any atom is -0.508 e. The zero-order chi connectivity index (χ0) is 16.6. The summed E-state index contributed by atoms with van der Waals surface area (Å²) in [6, 6.07) is 6.46. The third-order valence-electron chi connectivity index (χ3n) is 4.58. The molecule has 1 aliphatic rings. The molecule has 1 aromatic heterocycles. The van der Waals surface area contributed by atoms with Crippen molar-refractivity contribution in [1.29, 1.82) is 0 Å². The van der Waals surface area contributed by atoms with Crippen molar-refractivity contribution in [2.75, 3.05) is 5.32 Å². The van der Waals surface area contributed by atoms with Crippen molar-refractivity contribution < 1.29 is 14.4 Å². The van der Waals surface area contributed by atoms with Gasteiger partial charge in [0.1, 0.15) is 11.5 Å². The van der Waals surface area contributed by atoms with E-state index in [1.807, 2.05) is 0 Å². The van der Waals surface area contributed by atoms with Crippen molar-refractivity contribution >= 4 is 11.6 Å². The van der Waals surface area contributed by atoms with Crippen LogP contribution in [0.25, 0.3) is 0 Å². The Kier molecular flexibility index (Phi) is 3.88. The summed E-state index contributed by atoms with van der Waals surface area (Å²) in [6.07, 6.45) is 2.69. The number of amides is 1. The third kappa shape index (κ3) is 3.23. The highest BCUT2D eigenvalue weighted by molar-refractivity contribution is 6.04. The maximum atomic E-state index is 12.5. The molecule has 5 nitrogen and oxygen atoms in total. The number of anilines is 1. The summed E-state index contributed by atoms with van der Waals surface area (Å²) in [5.74, 6) is 1.14. The van der Waals surface area contributed by atoms with Crippen LogP contribution in [0.15, 0.2) is 28.8 Å². The molecule has 0 unspecified atom stereocenters. The predicted molar refractivity (Wildman–Crippen MR) is 87.5 cm³/mol. The minimum atomic E-state index is -0.296. The lowest BCUT2D eigenvalue weighted by molar-refractivity contribution is 0.101. The first-order chi connectivity index (χ1) is 10.8. The molecule has 0 aliphatic heterocycles. The molecule has 122 valence electrons. The van der Waals surface area contributed by atoms with E-state index in [4.69, 9.17) is 4.52 Å². The van der Waals surface area contributed by atoms with E-state index >= 15 is 0 Å². The summed E-state index contributed by atoms with van der Waals surface area (Å²) < 4.78 is 5.37. The minimum absolute atomic E-state index is 0.109. The van der Waals surface area contributed by atoms with Crippen LogP contribution in [0.3, 0.4) is 0 Å². The Morgan fingerprint density at radius 1 is 1.39 bits per heavy atom. The van der Waals surface area contributed by atoms with Crippen LogP contribution < -0.4 is 5.32 Å². The van der Waals surface area contributed by atoms with Gasteiger partial charge in [0.15, 0.2) is 5.69 Å². The zero-order valence-corrected chi connectivity index (χ0v) is 13.7. The summed E-state index contributed by atoms with van der Waals surface area (Å²) >= 11 is 0. The molecule has 2 aromatic rings. The number of carbonyl (C=O) groups is 1. The van der Waals surface area contributed by atoms with E-state index in [1.54, 1.807) is 18.2 Å². The van der Waals surface area contributed by atoms with Crippen molar-refractivity contribution in [2.24, 2.45) is 11.3 Å². The molecular formula is C18H22N2O3. The van der Waals surface area contributed by atoms with E-state index < -0.39 is 0 Å². The number of rotatable bonds is 2. The van der Waals surface area contributed by atoms with Crippen LogP contribution >= 0.6 is 0 Å². The van der Waals surface area contributed by atoms with Crippen LogP contribution in [0.4, 0.5) is 5.69 Å². The fourth-order valence-electron chi connectivity index (χ4n) is 3.10. The van der Waals surface area contributed by atoms with E-state index in [-0.39, 0.29) is 17.1 Å². The zero-order valence-electron chi connectivity index (χ0n) is 13.7. The van der Waals surface area contributed by atoms with Gasteiger partial charge in [-0.1, -0.05) is 32.0 Å². The molecule has 2 N–H and O–H groups in total. The molecule has 5 heteroatoms. The highest BCUT2D eigenvalue weighted by atomic mass is 16.5. The number of hydrogen-bond acceptors (Lipinski definition) is 4. The lowest BCUT2D eigenvalue weighted by Crippen LogP contribution is -2.27. The van der Waals surface area contributed by atoms with Crippen LogP contribution in [0, 0.1) is 11.3 Å². The number of nitrogens with zero attached hydrogens (tertiary/aromatic N) is 1. The van der Waals surface area contributed by atoms with Crippen LogP contribution in [-0.2, 0) is 12.8 Å². The number of fused-ring (bicyclic) bond motifs is 1. The highest BCUT2D eigenvalue weighted by Gasteiger charge is 2.34. The SMILES string of the molecule is CC(C)(C)[C@H]1CCc2onc(C(=O)Nc3cccc(O)c3)c2C1. The number of phenols is 1. The molecule has 0 bridgehead atoms. The fraction of sp³-hybridized carbons (Fsp3) is 0.444. The van der Waals surface area contributed by atoms with Gasteiger partial charge in [-0.25, -0.2) is 0 Å². The molecule has 0 saturated carbocycles. The number of aryl methyl sites for hydroxylation is 1. The smallest absolute Gasteiger partial charge is 0.278 e. The van der Waals surface area contributed by atoms with Crippen molar-refractivity contribution in [2.45, 2.75) is 40.0 Å². The number of benzene rings is 1. The van der Waals surface area contributed by atoms with E-state index in [2.05, 4.69) is 31.2 Å². The Morgan fingerprint density at radius 3 is 2.87 bits per heavy atom. The van der Waals surface area contributed by atoms with Gasteiger partial charge in [-0.05, 0) is 36.3 Å². The molecule has 1 aliphatic carbocycles. The topological polar surface area (TPSA) is 75.4 Å². The first kappa shape index (κ1) is 15.6. The van der Waals surface area contributed by atoms with Crippen LogP contribution in [0.1, 0.15) is 49.0 Å². The Balaban J connectivity index is 1.82.